The standard InChI is InChI=1S/C21H26ClN3O3S2/c1-16-4-5-18(22)15-19(16)23-10-12-24(13-11-23)21(26)17-6-8-25(9-7-17)30(27,28)20-3-2-14-29-20/h2-5,14-15,17H,6-13H2,1H3. The van der Waals surface area contributed by atoms with E-state index in [1.807, 2.05) is 23.1 Å². The molecule has 2 saturated heterocycles. The van der Waals surface area contributed by atoms with Gasteiger partial charge in [-0.15, -0.1) is 11.3 Å². The zero-order valence-electron chi connectivity index (χ0n) is 17.0. The molecule has 0 aliphatic carbocycles. The number of sulfonamides is 1. The van der Waals surface area contributed by atoms with Gasteiger partial charge >= 0.3 is 0 Å². The summed E-state index contributed by atoms with van der Waals surface area (Å²) in [5.41, 5.74) is 2.31. The fraction of sp³-hybridized carbons (Fsp3) is 0.476. The molecule has 4 rings (SSSR count). The minimum Gasteiger partial charge on any atom is -0.368 e. The van der Waals surface area contributed by atoms with Crippen LogP contribution < -0.4 is 4.90 Å². The van der Waals surface area contributed by atoms with Crippen molar-refractivity contribution in [2.24, 2.45) is 5.92 Å². The number of rotatable bonds is 4. The number of hydrogen-bond acceptors (Lipinski definition) is 5. The molecular weight excluding hydrogens is 442 g/mol. The fourth-order valence-electron chi connectivity index (χ4n) is 4.23. The van der Waals surface area contributed by atoms with Gasteiger partial charge in [-0.25, -0.2) is 8.42 Å². The fourth-order valence-corrected chi connectivity index (χ4v) is 7.01. The summed E-state index contributed by atoms with van der Waals surface area (Å²) < 4.78 is 27.2. The quantitative estimate of drug-likeness (QED) is 0.690. The smallest absolute Gasteiger partial charge is 0.252 e. The normalized spacial score (nSPS) is 19.3. The van der Waals surface area contributed by atoms with Gasteiger partial charge in [0.15, 0.2) is 0 Å². The monoisotopic (exact) mass is 467 g/mol. The molecule has 1 amide bonds. The number of nitrogens with zero attached hydrogens (tertiary/aromatic N) is 3. The first-order chi connectivity index (χ1) is 14.4. The molecule has 0 N–H and O–H groups in total. The molecule has 2 aromatic rings. The van der Waals surface area contributed by atoms with Gasteiger partial charge in [-0.1, -0.05) is 23.7 Å². The van der Waals surface area contributed by atoms with Crippen LogP contribution in [0.5, 0.6) is 0 Å². The summed E-state index contributed by atoms with van der Waals surface area (Å²) in [6, 6.07) is 9.28. The van der Waals surface area contributed by atoms with Crippen molar-refractivity contribution in [1.29, 1.82) is 0 Å². The molecule has 1 aromatic carbocycles. The largest absolute Gasteiger partial charge is 0.368 e. The first-order valence-corrected chi connectivity index (χ1v) is 12.9. The zero-order chi connectivity index (χ0) is 21.3. The third kappa shape index (κ3) is 4.37. The van der Waals surface area contributed by atoms with Crippen LogP contribution in [0.15, 0.2) is 39.9 Å². The van der Waals surface area contributed by atoms with E-state index in [4.69, 9.17) is 11.6 Å². The molecule has 2 aliphatic heterocycles. The Labute approximate surface area is 187 Å². The third-order valence-corrected chi connectivity index (χ3v) is 9.50. The van der Waals surface area contributed by atoms with Gasteiger partial charge in [0.05, 0.1) is 0 Å². The number of hydrogen-bond donors (Lipinski definition) is 0. The summed E-state index contributed by atoms with van der Waals surface area (Å²) in [5.74, 6) is 0.0601. The molecule has 2 fully saturated rings. The Morgan fingerprint density at radius 1 is 1.07 bits per heavy atom. The Kier molecular flexibility index (Phi) is 6.39. The second kappa shape index (κ2) is 8.86. The molecule has 0 atom stereocenters. The Balaban J connectivity index is 1.32. The molecule has 0 unspecified atom stereocenters. The lowest BCUT2D eigenvalue weighted by Crippen LogP contribution is -2.52. The number of halogens is 1. The van der Waals surface area contributed by atoms with Crippen LogP contribution in [-0.2, 0) is 14.8 Å². The molecule has 162 valence electrons. The van der Waals surface area contributed by atoms with Gasteiger partial charge in [0, 0.05) is 55.9 Å². The minimum absolute atomic E-state index is 0.0979. The van der Waals surface area contributed by atoms with E-state index in [-0.39, 0.29) is 11.8 Å². The van der Waals surface area contributed by atoms with Gasteiger partial charge in [-0.2, -0.15) is 4.31 Å². The second-order valence-corrected chi connectivity index (χ2v) is 11.4. The predicted octanol–water partition coefficient (Wildman–Crippen LogP) is 3.46. The topological polar surface area (TPSA) is 60.9 Å². The number of anilines is 1. The maximum Gasteiger partial charge on any atom is 0.252 e. The number of carbonyl (C=O) groups excluding carboxylic acids is 1. The van der Waals surface area contributed by atoms with E-state index in [0.717, 1.165) is 23.8 Å². The average Bonchev–Trinajstić information content (AvgIpc) is 3.31. The molecule has 2 aliphatic rings. The number of piperidine rings is 1. The highest BCUT2D eigenvalue weighted by Gasteiger charge is 2.35. The van der Waals surface area contributed by atoms with E-state index in [1.54, 1.807) is 17.5 Å². The summed E-state index contributed by atoms with van der Waals surface area (Å²) in [5, 5.41) is 2.49. The highest BCUT2D eigenvalue weighted by molar-refractivity contribution is 7.91. The van der Waals surface area contributed by atoms with Crippen molar-refractivity contribution in [2.45, 2.75) is 24.0 Å². The van der Waals surface area contributed by atoms with Crippen LogP contribution in [-0.4, -0.2) is 62.8 Å². The summed E-state index contributed by atoms with van der Waals surface area (Å²) in [6.07, 6.45) is 1.16. The number of benzene rings is 1. The van der Waals surface area contributed by atoms with Gasteiger partial charge in [-0.3, -0.25) is 4.79 Å². The van der Waals surface area contributed by atoms with Crippen LogP contribution in [0, 0.1) is 12.8 Å². The van der Waals surface area contributed by atoms with E-state index < -0.39 is 10.0 Å². The lowest BCUT2D eigenvalue weighted by molar-refractivity contribution is -0.137. The number of thiophene rings is 1. The number of piperazine rings is 1. The Bertz CT molecular complexity index is 995. The highest BCUT2D eigenvalue weighted by atomic mass is 35.5. The number of amides is 1. The highest BCUT2D eigenvalue weighted by Crippen LogP contribution is 2.29. The SMILES string of the molecule is Cc1ccc(Cl)cc1N1CCN(C(=O)C2CCN(S(=O)(=O)c3cccs3)CC2)CC1. The summed E-state index contributed by atoms with van der Waals surface area (Å²) in [6.45, 7) is 5.78. The van der Waals surface area contributed by atoms with E-state index in [2.05, 4.69) is 11.8 Å². The van der Waals surface area contributed by atoms with Crippen LogP contribution >= 0.6 is 22.9 Å². The summed E-state index contributed by atoms with van der Waals surface area (Å²) in [7, 11) is -3.43. The van der Waals surface area contributed by atoms with Gasteiger partial charge in [0.1, 0.15) is 4.21 Å². The van der Waals surface area contributed by atoms with Crippen LogP contribution in [0.3, 0.4) is 0 Å². The lowest BCUT2D eigenvalue weighted by atomic mass is 9.96. The molecule has 1 aromatic heterocycles. The van der Waals surface area contributed by atoms with Crippen molar-refractivity contribution in [3.63, 3.8) is 0 Å². The van der Waals surface area contributed by atoms with Gasteiger partial charge in [-0.05, 0) is 48.9 Å². The maximum absolute atomic E-state index is 13.0. The number of carbonyl (C=O) groups is 1. The van der Waals surface area contributed by atoms with Crippen molar-refractivity contribution >= 4 is 44.6 Å². The first-order valence-electron chi connectivity index (χ1n) is 10.2. The van der Waals surface area contributed by atoms with Crippen molar-refractivity contribution in [3.05, 3.63) is 46.3 Å². The van der Waals surface area contributed by atoms with Crippen LogP contribution in [0.2, 0.25) is 5.02 Å². The van der Waals surface area contributed by atoms with Crippen molar-refractivity contribution in [1.82, 2.24) is 9.21 Å². The molecular formula is C21H26ClN3O3S2. The lowest BCUT2D eigenvalue weighted by Gasteiger charge is -2.39. The molecule has 3 heterocycles. The summed E-state index contributed by atoms with van der Waals surface area (Å²) in [4.78, 5) is 17.2. The molecule has 0 radical (unpaired) electrons. The molecule has 0 spiro atoms. The van der Waals surface area contributed by atoms with Crippen LogP contribution in [0.1, 0.15) is 18.4 Å². The predicted molar refractivity (Wildman–Crippen MR) is 121 cm³/mol. The van der Waals surface area contributed by atoms with E-state index in [1.165, 1.54) is 21.2 Å². The zero-order valence-corrected chi connectivity index (χ0v) is 19.3. The Morgan fingerprint density at radius 3 is 2.40 bits per heavy atom. The third-order valence-electron chi connectivity index (χ3n) is 6.00. The molecule has 6 nitrogen and oxygen atoms in total. The van der Waals surface area contributed by atoms with E-state index in [0.29, 0.717) is 43.2 Å². The van der Waals surface area contributed by atoms with Gasteiger partial charge < -0.3 is 9.80 Å². The first kappa shape index (κ1) is 21.6. The van der Waals surface area contributed by atoms with Crippen molar-refractivity contribution in [3.8, 4) is 0 Å². The molecule has 0 bridgehead atoms. The molecule has 0 saturated carbocycles. The minimum atomic E-state index is -3.43. The Morgan fingerprint density at radius 2 is 1.77 bits per heavy atom. The number of aryl methyl sites for hydroxylation is 1. The van der Waals surface area contributed by atoms with Crippen molar-refractivity contribution in [2.75, 3.05) is 44.2 Å². The van der Waals surface area contributed by atoms with E-state index >= 15 is 0 Å². The van der Waals surface area contributed by atoms with Crippen LogP contribution in [0.25, 0.3) is 0 Å². The van der Waals surface area contributed by atoms with Crippen LogP contribution in [0.4, 0.5) is 5.69 Å². The average molecular weight is 468 g/mol. The molecule has 30 heavy (non-hydrogen) atoms. The van der Waals surface area contributed by atoms with Crippen molar-refractivity contribution < 1.29 is 13.2 Å². The second-order valence-electron chi connectivity index (χ2n) is 7.85. The maximum atomic E-state index is 13.0. The van der Waals surface area contributed by atoms with E-state index in [9.17, 15) is 13.2 Å². The summed E-state index contributed by atoms with van der Waals surface area (Å²) >= 11 is 7.39. The molecule has 9 heteroatoms. The Hall–Kier alpha value is -1.61. The van der Waals surface area contributed by atoms with Gasteiger partial charge in [0.25, 0.3) is 10.0 Å². The van der Waals surface area contributed by atoms with Gasteiger partial charge in [0.2, 0.25) is 5.91 Å².